The summed E-state index contributed by atoms with van der Waals surface area (Å²) >= 11 is 0. The quantitative estimate of drug-likeness (QED) is 0.504. The van der Waals surface area contributed by atoms with Crippen molar-refractivity contribution >= 4 is 0 Å². The van der Waals surface area contributed by atoms with E-state index in [0.717, 1.165) is 57.0 Å². The molecule has 0 unspecified atom stereocenters. The van der Waals surface area contributed by atoms with Crippen LogP contribution < -0.4 is 10.9 Å². The highest BCUT2D eigenvalue weighted by molar-refractivity contribution is 5.15. The topological polar surface area (TPSA) is 66.9 Å². The van der Waals surface area contributed by atoms with Crippen LogP contribution >= 0.6 is 0 Å². The molecular weight excluding hydrogens is 368 g/mol. The second-order valence-electron chi connectivity index (χ2n) is 7.46. The van der Waals surface area contributed by atoms with Gasteiger partial charge >= 0.3 is 0 Å². The van der Waals surface area contributed by atoms with E-state index in [1.165, 1.54) is 24.7 Å². The van der Waals surface area contributed by atoms with Crippen LogP contribution in [0.4, 0.5) is 0 Å². The summed E-state index contributed by atoms with van der Waals surface area (Å²) < 4.78 is 11.1. The predicted octanol–water partition coefficient (Wildman–Crippen LogP) is 3.72. The summed E-state index contributed by atoms with van der Waals surface area (Å²) in [6.45, 7) is 13.1. The Labute approximate surface area is 173 Å². The van der Waals surface area contributed by atoms with Crippen LogP contribution in [0.3, 0.4) is 0 Å². The van der Waals surface area contributed by atoms with Crippen LogP contribution in [-0.2, 0) is 13.1 Å². The van der Waals surface area contributed by atoms with Gasteiger partial charge in [0.1, 0.15) is 11.5 Å². The average Bonchev–Trinajstić information content (AvgIpc) is 2.72. The first-order valence-electron chi connectivity index (χ1n) is 10.6. The van der Waals surface area contributed by atoms with Gasteiger partial charge in [0, 0.05) is 23.3 Å². The van der Waals surface area contributed by atoms with Crippen molar-refractivity contribution in [2.45, 2.75) is 60.0 Å². The SMILES string of the molecule is CCN(CCCCCN(CC)Cc1occc(=O)c1C)Cc1occc(=O)c1C. The van der Waals surface area contributed by atoms with Gasteiger partial charge in [0.15, 0.2) is 10.9 Å². The van der Waals surface area contributed by atoms with E-state index >= 15 is 0 Å². The van der Waals surface area contributed by atoms with Gasteiger partial charge in [0.2, 0.25) is 0 Å². The molecule has 0 atom stereocenters. The van der Waals surface area contributed by atoms with Crippen LogP contribution in [0.2, 0.25) is 0 Å². The molecule has 2 heterocycles. The van der Waals surface area contributed by atoms with Crippen LogP contribution in [0.25, 0.3) is 0 Å². The van der Waals surface area contributed by atoms with Crippen molar-refractivity contribution in [2.24, 2.45) is 0 Å². The van der Waals surface area contributed by atoms with Gasteiger partial charge in [-0.25, -0.2) is 0 Å². The van der Waals surface area contributed by atoms with E-state index in [1.807, 2.05) is 13.8 Å². The highest BCUT2D eigenvalue weighted by Crippen LogP contribution is 2.11. The third kappa shape index (κ3) is 6.98. The smallest absolute Gasteiger partial charge is 0.188 e. The highest BCUT2D eigenvalue weighted by Gasteiger charge is 2.11. The number of hydrogen-bond donors (Lipinski definition) is 0. The molecule has 2 aromatic heterocycles. The third-order valence-corrected chi connectivity index (χ3v) is 5.51. The molecular formula is C23H34N2O4. The fourth-order valence-corrected chi connectivity index (χ4v) is 3.32. The monoisotopic (exact) mass is 402 g/mol. The van der Waals surface area contributed by atoms with Gasteiger partial charge in [-0.2, -0.15) is 0 Å². The lowest BCUT2D eigenvalue weighted by Crippen LogP contribution is -2.27. The van der Waals surface area contributed by atoms with E-state index in [4.69, 9.17) is 8.83 Å². The molecule has 6 nitrogen and oxygen atoms in total. The van der Waals surface area contributed by atoms with E-state index in [2.05, 4.69) is 23.6 Å². The van der Waals surface area contributed by atoms with Crippen molar-refractivity contribution in [1.29, 1.82) is 0 Å². The molecule has 0 N–H and O–H groups in total. The van der Waals surface area contributed by atoms with E-state index in [9.17, 15) is 9.59 Å². The summed E-state index contributed by atoms with van der Waals surface area (Å²) in [6.07, 6.45) is 6.28. The molecule has 0 aromatic carbocycles. The van der Waals surface area contributed by atoms with Crippen LogP contribution in [0.5, 0.6) is 0 Å². The summed E-state index contributed by atoms with van der Waals surface area (Å²) in [4.78, 5) is 28.1. The van der Waals surface area contributed by atoms with Gasteiger partial charge in [-0.15, -0.1) is 0 Å². The van der Waals surface area contributed by atoms with Gasteiger partial charge in [-0.05, 0) is 52.9 Å². The Morgan fingerprint density at radius 2 is 1.14 bits per heavy atom. The Morgan fingerprint density at radius 1 is 0.724 bits per heavy atom. The Bertz CT molecular complexity index is 800. The molecule has 2 aromatic rings. The zero-order chi connectivity index (χ0) is 21.2. The van der Waals surface area contributed by atoms with Crippen LogP contribution in [0.1, 0.15) is 55.8 Å². The maximum absolute atomic E-state index is 11.8. The van der Waals surface area contributed by atoms with Crippen molar-refractivity contribution in [3.05, 3.63) is 67.8 Å². The van der Waals surface area contributed by atoms with Crippen LogP contribution in [0, 0.1) is 13.8 Å². The zero-order valence-electron chi connectivity index (χ0n) is 18.2. The van der Waals surface area contributed by atoms with E-state index in [-0.39, 0.29) is 10.9 Å². The van der Waals surface area contributed by atoms with Gasteiger partial charge in [0.25, 0.3) is 0 Å². The first-order valence-corrected chi connectivity index (χ1v) is 10.6. The normalized spacial score (nSPS) is 11.5. The van der Waals surface area contributed by atoms with Gasteiger partial charge in [-0.1, -0.05) is 20.3 Å². The van der Waals surface area contributed by atoms with Gasteiger partial charge in [0.05, 0.1) is 25.6 Å². The maximum atomic E-state index is 11.8. The first kappa shape index (κ1) is 23.1. The van der Waals surface area contributed by atoms with Crippen molar-refractivity contribution in [1.82, 2.24) is 9.80 Å². The molecule has 0 bridgehead atoms. The first-order chi connectivity index (χ1) is 14.0. The molecule has 0 spiro atoms. The molecule has 0 aliphatic rings. The average molecular weight is 403 g/mol. The zero-order valence-corrected chi connectivity index (χ0v) is 18.2. The molecule has 2 rings (SSSR count). The largest absolute Gasteiger partial charge is 0.467 e. The molecule has 0 aliphatic heterocycles. The fraction of sp³-hybridized carbons (Fsp3) is 0.565. The summed E-state index contributed by atoms with van der Waals surface area (Å²) in [6, 6.07) is 2.94. The molecule has 29 heavy (non-hydrogen) atoms. The molecule has 0 aliphatic carbocycles. The molecule has 160 valence electrons. The van der Waals surface area contributed by atoms with Crippen molar-refractivity contribution in [2.75, 3.05) is 26.2 Å². The van der Waals surface area contributed by atoms with Crippen molar-refractivity contribution in [3.63, 3.8) is 0 Å². The minimum Gasteiger partial charge on any atom is -0.467 e. The molecule has 0 saturated carbocycles. The van der Waals surface area contributed by atoms with E-state index in [0.29, 0.717) is 24.2 Å². The number of hydrogen-bond acceptors (Lipinski definition) is 6. The standard InChI is InChI=1S/C23H34N2O4/c1-5-24(16-22-18(3)20(26)10-14-28-22)12-8-7-9-13-25(6-2)17-23-19(4)21(27)11-15-29-23/h10-11,14-15H,5-9,12-13,16-17H2,1-4H3. The summed E-state index contributed by atoms with van der Waals surface area (Å²) in [5.41, 5.74) is 1.47. The Morgan fingerprint density at radius 3 is 1.52 bits per heavy atom. The minimum atomic E-state index is 0.0337. The highest BCUT2D eigenvalue weighted by atomic mass is 16.3. The Hall–Kier alpha value is -2.18. The second-order valence-corrected chi connectivity index (χ2v) is 7.46. The number of rotatable bonds is 12. The lowest BCUT2D eigenvalue weighted by Gasteiger charge is -2.22. The molecule has 0 radical (unpaired) electrons. The minimum absolute atomic E-state index is 0.0337. The third-order valence-electron chi connectivity index (χ3n) is 5.51. The molecule has 6 heteroatoms. The van der Waals surface area contributed by atoms with Crippen LogP contribution in [0.15, 0.2) is 43.1 Å². The molecule has 0 amide bonds. The second kappa shape index (κ2) is 11.7. The van der Waals surface area contributed by atoms with Crippen LogP contribution in [-0.4, -0.2) is 36.0 Å². The van der Waals surface area contributed by atoms with Gasteiger partial charge < -0.3 is 8.83 Å². The maximum Gasteiger partial charge on any atom is 0.188 e. The molecule has 0 fully saturated rings. The Kier molecular flexibility index (Phi) is 9.35. The molecule has 0 saturated heterocycles. The predicted molar refractivity (Wildman–Crippen MR) is 115 cm³/mol. The van der Waals surface area contributed by atoms with E-state index < -0.39 is 0 Å². The fourth-order valence-electron chi connectivity index (χ4n) is 3.32. The number of unbranched alkanes of at least 4 members (excludes halogenated alkanes) is 2. The summed E-state index contributed by atoms with van der Waals surface area (Å²) in [7, 11) is 0. The number of nitrogens with zero attached hydrogens (tertiary/aromatic N) is 2. The van der Waals surface area contributed by atoms with Gasteiger partial charge in [-0.3, -0.25) is 19.4 Å². The lowest BCUT2D eigenvalue weighted by molar-refractivity contribution is 0.231. The summed E-state index contributed by atoms with van der Waals surface area (Å²) in [5, 5.41) is 0. The summed E-state index contributed by atoms with van der Waals surface area (Å²) in [5.74, 6) is 1.52. The van der Waals surface area contributed by atoms with E-state index in [1.54, 1.807) is 0 Å². The Balaban J connectivity index is 1.75. The van der Waals surface area contributed by atoms with Crippen molar-refractivity contribution in [3.8, 4) is 0 Å². The lowest BCUT2D eigenvalue weighted by atomic mass is 10.2. The van der Waals surface area contributed by atoms with Crippen molar-refractivity contribution < 1.29 is 8.83 Å².